The van der Waals surface area contributed by atoms with E-state index in [1.807, 2.05) is 0 Å². The molecule has 0 bridgehead atoms. The second kappa shape index (κ2) is 5.46. The van der Waals surface area contributed by atoms with Gasteiger partial charge in [-0.05, 0) is 42.0 Å². The van der Waals surface area contributed by atoms with Gasteiger partial charge in [0.05, 0.1) is 0 Å². The lowest BCUT2D eigenvalue weighted by molar-refractivity contribution is 0.688. The van der Waals surface area contributed by atoms with E-state index >= 15 is 0 Å². The first kappa shape index (κ1) is 12.3. The van der Waals surface area contributed by atoms with Gasteiger partial charge in [-0.1, -0.05) is 32.9 Å². The van der Waals surface area contributed by atoms with Crippen LogP contribution >= 0.6 is 0 Å². The van der Waals surface area contributed by atoms with E-state index in [0.29, 0.717) is 5.92 Å². The van der Waals surface area contributed by atoms with Crippen LogP contribution in [0.3, 0.4) is 0 Å². The molecule has 1 aromatic heterocycles. The number of aromatic nitrogens is 1. The van der Waals surface area contributed by atoms with Crippen molar-refractivity contribution in [3.63, 3.8) is 0 Å². The average molecular weight is 230 g/mol. The van der Waals surface area contributed by atoms with Crippen LogP contribution < -0.4 is 5.32 Å². The first-order chi connectivity index (χ1) is 8.27. The Labute approximate surface area is 104 Å². The molecule has 0 fully saturated rings. The molecule has 2 nitrogen and oxygen atoms in total. The largest absolute Gasteiger partial charge is 0.313 e. The number of fused-ring (bicyclic) bond motifs is 1. The Bertz CT molecular complexity index is 421. The third-order valence-electron chi connectivity index (χ3n) is 3.49. The van der Waals surface area contributed by atoms with Crippen LogP contribution in [-0.4, -0.2) is 11.5 Å². The third-order valence-corrected chi connectivity index (χ3v) is 3.49. The van der Waals surface area contributed by atoms with Gasteiger partial charge >= 0.3 is 0 Å². The molecule has 1 aliphatic carbocycles. The van der Waals surface area contributed by atoms with Crippen LogP contribution in [0.15, 0.2) is 12.3 Å². The number of nitrogens with zero attached hydrogens (tertiary/aromatic N) is 1. The van der Waals surface area contributed by atoms with Crippen molar-refractivity contribution in [3.05, 3.63) is 34.7 Å². The average Bonchev–Trinajstić information content (AvgIpc) is 2.36. The van der Waals surface area contributed by atoms with Gasteiger partial charge in [0.1, 0.15) is 0 Å². The van der Waals surface area contributed by atoms with E-state index in [0.717, 1.165) is 25.9 Å². The monoisotopic (exact) mass is 230 g/mol. The fraction of sp³-hybridized carbons (Fsp3) is 0.533. The SMILES string of the molecule is CCNCc1cnc(CC)c2c1C(C)CC=C2. The predicted molar refractivity (Wildman–Crippen MR) is 73.1 cm³/mol. The molecule has 0 aliphatic heterocycles. The summed E-state index contributed by atoms with van der Waals surface area (Å²) in [5.74, 6) is 0.622. The Balaban J connectivity index is 2.45. The fourth-order valence-electron chi connectivity index (χ4n) is 2.58. The highest BCUT2D eigenvalue weighted by atomic mass is 14.8. The quantitative estimate of drug-likeness (QED) is 0.858. The number of nitrogens with one attached hydrogen (secondary N) is 1. The zero-order chi connectivity index (χ0) is 12.3. The maximum atomic E-state index is 4.61. The number of allylic oxidation sites excluding steroid dienone is 1. The predicted octanol–water partition coefficient (Wildman–Crippen LogP) is 3.27. The van der Waals surface area contributed by atoms with Crippen molar-refractivity contribution >= 4 is 6.08 Å². The Hall–Kier alpha value is -1.15. The second-order valence-corrected chi connectivity index (χ2v) is 4.73. The smallest absolute Gasteiger partial charge is 0.0476 e. The second-order valence-electron chi connectivity index (χ2n) is 4.73. The molecule has 0 spiro atoms. The van der Waals surface area contributed by atoms with E-state index in [1.165, 1.54) is 22.4 Å². The molecule has 0 amide bonds. The molecule has 1 aliphatic rings. The normalized spacial score (nSPS) is 18.2. The van der Waals surface area contributed by atoms with Gasteiger partial charge in [0.25, 0.3) is 0 Å². The van der Waals surface area contributed by atoms with Crippen molar-refractivity contribution < 1.29 is 0 Å². The maximum Gasteiger partial charge on any atom is 0.0476 e. The van der Waals surface area contributed by atoms with Gasteiger partial charge in [0, 0.05) is 18.4 Å². The molecule has 0 saturated carbocycles. The van der Waals surface area contributed by atoms with Crippen LogP contribution in [0.4, 0.5) is 0 Å². The highest BCUT2D eigenvalue weighted by Gasteiger charge is 2.19. The molecular weight excluding hydrogens is 208 g/mol. The minimum atomic E-state index is 0.622. The van der Waals surface area contributed by atoms with E-state index in [1.54, 1.807) is 0 Å². The highest BCUT2D eigenvalue weighted by molar-refractivity contribution is 5.61. The van der Waals surface area contributed by atoms with Crippen LogP contribution in [0.5, 0.6) is 0 Å². The van der Waals surface area contributed by atoms with Crippen molar-refractivity contribution in [1.29, 1.82) is 0 Å². The van der Waals surface area contributed by atoms with E-state index in [-0.39, 0.29) is 0 Å². The van der Waals surface area contributed by atoms with Crippen molar-refractivity contribution in [1.82, 2.24) is 10.3 Å². The first-order valence-electron chi connectivity index (χ1n) is 6.65. The molecule has 1 unspecified atom stereocenters. The standard InChI is InChI=1S/C15H22N2/c1-4-14-13-8-6-7-11(3)15(13)12(10-17-14)9-16-5-2/h6,8,10-11,16H,4-5,7,9H2,1-3H3. The van der Waals surface area contributed by atoms with Crippen LogP contribution in [0.25, 0.3) is 6.08 Å². The molecule has 17 heavy (non-hydrogen) atoms. The molecule has 1 atom stereocenters. The summed E-state index contributed by atoms with van der Waals surface area (Å²) in [5.41, 5.74) is 5.50. The molecule has 92 valence electrons. The van der Waals surface area contributed by atoms with Crippen LogP contribution in [0.2, 0.25) is 0 Å². The zero-order valence-electron chi connectivity index (χ0n) is 11.1. The van der Waals surface area contributed by atoms with E-state index < -0.39 is 0 Å². The summed E-state index contributed by atoms with van der Waals surface area (Å²) < 4.78 is 0. The maximum absolute atomic E-state index is 4.61. The van der Waals surface area contributed by atoms with Gasteiger partial charge < -0.3 is 5.32 Å². The number of rotatable bonds is 4. The summed E-state index contributed by atoms with van der Waals surface area (Å²) in [4.78, 5) is 4.61. The van der Waals surface area contributed by atoms with Crippen molar-refractivity contribution in [2.24, 2.45) is 0 Å². The third kappa shape index (κ3) is 2.42. The van der Waals surface area contributed by atoms with Crippen molar-refractivity contribution in [3.8, 4) is 0 Å². The highest BCUT2D eigenvalue weighted by Crippen LogP contribution is 2.33. The molecule has 2 heteroatoms. The Morgan fingerprint density at radius 3 is 2.94 bits per heavy atom. The van der Waals surface area contributed by atoms with Gasteiger partial charge in [-0.2, -0.15) is 0 Å². The molecule has 1 N–H and O–H groups in total. The summed E-state index contributed by atoms with van der Waals surface area (Å²) in [6.07, 6.45) is 8.78. The molecule has 0 aromatic carbocycles. The minimum absolute atomic E-state index is 0.622. The Morgan fingerprint density at radius 2 is 2.24 bits per heavy atom. The summed E-state index contributed by atoms with van der Waals surface area (Å²) in [6.45, 7) is 8.59. The number of aryl methyl sites for hydroxylation is 1. The number of pyridine rings is 1. The van der Waals surface area contributed by atoms with Crippen LogP contribution in [0, 0.1) is 0 Å². The Morgan fingerprint density at radius 1 is 1.41 bits per heavy atom. The van der Waals surface area contributed by atoms with Gasteiger partial charge in [-0.25, -0.2) is 0 Å². The topological polar surface area (TPSA) is 24.9 Å². The van der Waals surface area contributed by atoms with Crippen LogP contribution in [-0.2, 0) is 13.0 Å². The Kier molecular flexibility index (Phi) is 3.95. The molecule has 0 radical (unpaired) electrons. The van der Waals surface area contributed by atoms with E-state index in [4.69, 9.17) is 0 Å². The molecular formula is C15H22N2. The lowest BCUT2D eigenvalue weighted by Crippen LogP contribution is -2.17. The summed E-state index contributed by atoms with van der Waals surface area (Å²) in [6, 6.07) is 0. The number of hydrogen-bond donors (Lipinski definition) is 1. The lowest BCUT2D eigenvalue weighted by Gasteiger charge is -2.23. The van der Waals surface area contributed by atoms with Crippen LogP contribution in [0.1, 0.15) is 55.5 Å². The molecule has 2 rings (SSSR count). The van der Waals surface area contributed by atoms with Gasteiger partial charge in [-0.15, -0.1) is 0 Å². The fourth-order valence-corrected chi connectivity index (χ4v) is 2.58. The van der Waals surface area contributed by atoms with Gasteiger partial charge in [0.15, 0.2) is 0 Å². The summed E-state index contributed by atoms with van der Waals surface area (Å²) in [5, 5.41) is 3.41. The summed E-state index contributed by atoms with van der Waals surface area (Å²) >= 11 is 0. The zero-order valence-corrected chi connectivity index (χ0v) is 11.1. The van der Waals surface area contributed by atoms with E-state index in [9.17, 15) is 0 Å². The first-order valence-corrected chi connectivity index (χ1v) is 6.65. The minimum Gasteiger partial charge on any atom is -0.313 e. The van der Waals surface area contributed by atoms with Crippen molar-refractivity contribution in [2.75, 3.05) is 6.54 Å². The summed E-state index contributed by atoms with van der Waals surface area (Å²) in [7, 11) is 0. The van der Waals surface area contributed by atoms with Gasteiger partial charge in [-0.3, -0.25) is 4.98 Å². The van der Waals surface area contributed by atoms with E-state index in [2.05, 4.69) is 49.4 Å². The van der Waals surface area contributed by atoms with Crippen molar-refractivity contribution in [2.45, 2.75) is 46.1 Å². The van der Waals surface area contributed by atoms with Gasteiger partial charge in [0.2, 0.25) is 0 Å². The molecule has 1 heterocycles. The molecule has 0 saturated heterocycles. The lowest BCUT2D eigenvalue weighted by atomic mass is 9.84. The number of hydrogen-bond acceptors (Lipinski definition) is 2. The molecule has 1 aromatic rings.